The maximum Gasteiger partial charge on any atom is 0.251 e. The van der Waals surface area contributed by atoms with E-state index in [2.05, 4.69) is 10.6 Å². The largest absolute Gasteiger partial charge is 0.388 e. The molecule has 0 fully saturated rings. The maximum absolute atomic E-state index is 12.9. The highest BCUT2D eigenvalue weighted by Crippen LogP contribution is 2.13. The molecular formula is C18H27FN2O3. The first-order valence-electron chi connectivity index (χ1n) is 8.29. The first-order chi connectivity index (χ1) is 11.2. The molecular weight excluding hydrogens is 311 g/mol. The second-order valence-corrected chi connectivity index (χ2v) is 6.35. The van der Waals surface area contributed by atoms with Gasteiger partial charge in [-0.05, 0) is 43.0 Å². The van der Waals surface area contributed by atoms with Gasteiger partial charge in [-0.3, -0.25) is 9.59 Å². The summed E-state index contributed by atoms with van der Waals surface area (Å²) >= 11 is 0. The third-order valence-electron chi connectivity index (χ3n) is 4.25. The third-order valence-corrected chi connectivity index (χ3v) is 4.25. The van der Waals surface area contributed by atoms with Crippen LogP contribution in [-0.2, 0) is 4.79 Å². The number of carbonyl (C=O) groups is 2. The van der Waals surface area contributed by atoms with Gasteiger partial charge in [0.05, 0.1) is 5.60 Å². The Morgan fingerprint density at radius 1 is 1.17 bits per heavy atom. The fourth-order valence-corrected chi connectivity index (χ4v) is 2.22. The van der Waals surface area contributed by atoms with Gasteiger partial charge in [0.15, 0.2) is 0 Å². The maximum atomic E-state index is 12.9. The van der Waals surface area contributed by atoms with Gasteiger partial charge in [-0.25, -0.2) is 4.39 Å². The molecule has 0 aromatic heterocycles. The second kappa shape index (κ2) is 8.78. The summed E-state index contributed by atoms with van der Waals surface area (Å²) in [5, 5.41) is 15.6. The standard InChI is InChI=1S/C18H27FN2O3/c1-5-18(24,6-2)11-20-17(23)15(12(3)4)21-16(22)13-7-9-14(19)10-8-13/h7-10,12,15,24H,5-6,11H2,1-4H3,(H,20,23)(H,21,22). The Hall–Kier alpha value is -1.95. The van der Waals surface area contributed by atoms with Gasteiger partial charge in [0, 0.05) is 12.1 Å². The van der Waals surface area contributed by atoms with Crippen molar-refractivity contribution in [1.82, 2.24) is 10.6 Å². The molecule has 1 unspecified atom stereocenters. The van der Waals surface area contributed by atoms with Crippen LogP contribution in [0.5, 0.6) is 0 Å². The molecule has 5 nitrogen and oxygen atoms in total. The lowest BCUT2D eigenvalue weighted by molar-refractivity contribution is -0.125. The Bertz CT molecular complexity index is 554. The quantitative estimate of drug-likeness (QED) is 0.680. The number of rotatable bonds is 8. The number of carbonyl (C=O) groups excluding carboxylic acids is 2. The van der Waals surface area contributed by atoms with Crippen molar-refractivity contribution in [3.05, 3.63) is 35.6 Å². The van der Waals surface area contributed by atoms with Gasteiger partial charge in [-0.1, -0.05) is 27.7 Å². The van der Waals surface area contributed by atoms with Gasteiger partial charge < -0.3 is 15.7 Å². The summed E-state index contributed by atoms with van der Waals surface area (Å²) < 4.78 is 12.9. The van der Waals surface area contributed by atoms with Crippen molar-refractivity contribution in [2.24, 2.45) is 5.92 Å². The predicted octanol–water partition coefficient (Wildman–Crippen LogP) is 2.25. The summed E-state index contributed by atoms with van der Waals surface area (Å²) in [5.41, 5.74) is -0.661. The van der Waals surface area contributed by atoms with Crippen molar-refractivity contribution < 1.29 is 19.1 Å². The zero-order chi connectivity index (χ0) is 18.3. The second-order valence-electron chi connectivity index (χ2n) is 6.35. The number of halogens is 1. The van der Waals surface area contributed by atoms with Crippen molar-refractivity contribution >= 4 is 11.8 Å². The van der Waals surface area contributed by atoms with E-state index in [1.807, 2.05) is 27.7 Å². The van der Waals surface area contributed by atoms with E-state index in [1.165, 1.54) is 24.3 Å². The number of benzene rings is 1. The molecule has 3 N–H and O–H groups in total. The zero-order valence-corrected chi connectivity index (χ0v) is 14.7. The van der Waals surface area contributed by atoms with Gasteiger partial charge in [-0.2, -0.15) is 0 Å². The van der Waals surface area contributed by atoms with Crippen LogP contribution < -0.4 is 10.6 Å². The monoisotopic (exact) mass is 338 g/mol. The number of hydrogen-bond acceptors (Lipinski definition) is 3. The third kappa shape index (κ3) is 5.60. The highest BCUT2D eigenvalue weighted by molar-refractivity contribution is 5.97. The minimum atomic E-state index is -0.946. The molecule has 134 valence electrons. The fourth-order valence-electron chi connectivity index (χ4n) is 2.22. The lowest BCUT2D eigenvalue weighted by atomic mass is 9.96. The molecule has 0 saturated heterocycles. The van der Waals surface area contributed by atoms with Crippen molar-refractivity contribution in [2.75, 3.05) is 6.54 Å². The summed E-state index contributed by atoms with van der Waals surface area (Å²) in [6, 6.07) is 4.39. The average molecular weight is 338 g/mol. The molecule has 0 aliphatic carbocycles. The molecule has 0 radical (unpaired) electrons. The van der Waals surface area contributed by atoms with Gasteiger partial charge in [0.1, 0.15) is 11.9 Å². The van der Waals surface area contributed by atoms with Crippen LogP contribution in [0.15, 0.2) is 24.3 Å². The zero-order valence-electron chi connectivity index (χ0n) is 14.7. The summed E-state index contributed by atoms with van der Waals surface area (Å²) in [6.07, 6.45) is 1.05. The SMILES string of the molecule is CCC(O)(CC)CNC(=O)C(NC(=O)c1ccc(F)cc1)C(C)C. The van der Waals surface area contributed by atoms with Crippen LogP contribution in [0.1, 0.15) is 50.9 Å². The van der Waals surface area contributed by atoms with Crippen LogP contribution in [0.25, 0.3) is 0 Å². The van der Waals surface area contributed by atoms with Crippen LogP contribution in [0.3, 0.4) is 0 Å². The van der Waals surface area contributed by atoms with Gasteiger partial charge in [-0.15, -0.1) is 0 Å². The Morgan fingerprint density at radius 2 is 1.71 bits per heavy atom. The molecule has 24 heavy (non-hydrogen) atoms. The van der Waals surface area contributed by atoms with Crippen molar-refractivity contribution in [2.45, 2.75) is 52.2 Å². The molecule has 6 heteroatoms. The van der Waals surface area contributed by atoms with Crippen LogP contribution in [0.2, 0.25) is 0 Å². The molecule has 1 aromatic rings. The summed E-state index contributed by atoms with van der Waals surface area (Å²) in [7, 11) is 0. The molecule has 0 aliphatic heterocycles. The predicted molar refractivity (Wildman–Crippen MR) is 91.0 cm³/mol. The molecule has 1 atom stereocenters. The summed E-state index contributed by atoms with van der Waals surface area (Å²) in [6.45, 7) is 7.48. The fraction of sp³-hybridized carbons (Fsp3) is 0.556. The van der Waals surface area contributed by atoms with E-state index in [0.29, 0.717) is 12.8 Å². The Morgan fingerprint density at radius 3 is 2.17 bits per heavy atom. The number of aliphatic hydroxyl groups is 1. The lowest BCUT2D eigenvalue weighted by Crippen LogP contribution is -2.52. The van der Waals surface area contributed by atoms with E-state index in [1.54, 1.807) is 0 Å². The first-order valence-corrected chi connectivity index (χ1v) is 8.29. The summed E-state index contributed by atoms with van der Waals surface area (Å²) in [5.74, 6) is -1.35. The lowest BCUT2D eigenvalue weighted by Gasteiger charge is -2.28. The van der Waals surface area contributed by atoms with Crippen LogP contribution in [-0.4, -0.2) is 35.1 Å². The molecule has 0 saturated carbocycles. The van der Waals surface area contributed by atoms with E-state index in [9.17, 15) is 19.1 Å². The van der Waals surface area contributed by atoms with E-state index >= 15 is 0 Å². The molecule has 0 heterocycles. The van der Waals surface area contributed by atoms with Gasteiger partial charge in [0.25, 0.3) is 5.91 Å². The number of hydrogen-bond donors (Lipinski definition) is 3. The van der Waals surface area contributed by atoms with Crippen LogP contribution >= 0.6 is 0 Å². The molecule has 1 rings (SSSR count). The minimum Gasteiger partial charge on any atom is -0.388 e. The molecule has 1 aromatic carbocycles. The van der Waals surface area contributed by atoms with Gasteiger partial charge in [0.2, 0.25) is 5.91 Å². The van der Waals surface area contributed by atoms with Crippen LogP contribution in [0.4, 0.5) is 4.39 Å². The number of amides is 2. The highest BCUT2D eigenvalue weighted by Gasteiger charge is 2.28. The van der Waals surface area contributed by atoms with Crippen molar-refractivity contribution in [3.63, 3.8) is 0 Å². The molecule has 0 bridgehead atoms. The first kappa shape index (κ1) is 20.1. The molecule has 0 aliphatic rings. The summed E-state index contributed by atoms with van der Waals surface area (Å²) in [4.78, 5) is 24.6. The Labute approximate surface area is 142 Å². The average Bonchev–Trinajstić information content (AvgIpc) is 2.57. The number of nitrogens with one attached hydrogen (secondary N) is 2. The Balaban J connectivity index is 2.74. The Kier molecular flexibility index (Phi) is 7.35. The molecule has 0 spiro atoms. The van der Waals surface area contributed by atoms with Crippen molar-refractivity contribution in [1.29, 1.82) is 0 Å². The van der Waals surface area contributed by atoms with Gasteiger partial charge >= 0.3 is 0 Å². The minimum absolute atomic E-state index is 0.133. The van der Waals surface area contributed by atoms with E-state index in [-0.39, 0.29) is 23.9 Å². The topological polar surface area (TPSA) is 78.4 Å². The van der Waals surface area contributed by atoms with Crippen LogP contribution in [0, 0.1) is 11.7 Å². The van der Waals surface area contributed by atoms with E-state index in [4.69, 9.17) is 0 Å². The highest BCUT2D eigenvalue weighted by atomic mass is 19.1. The normalized spacial score (nSPS) is 12.8. The molecule has 2 amide bonds. The van der Waals surface area contributed by atoms with E-state index in [0.717, 1.165) is 0 Å². The smallest absolute Gasteiger partial charge is 0.251 e. The van der Waals surface area contributed by atoms with Crippen molar-refractivity contribution in [3.8, 4) is 0 Å². The van der Waals surface area contributed by atoms with E-state index < -0.39 is 23.4 Å².